The van der Waals surface area contributed by atoms with Crippen LogP contribution in [-0.2, 0) is 6.54 Å². The molecule has 1 heterocycles. The lowest BCUT2D eigenvalue weighted by atomic mass is 10.0. The number of aromatic hydroxyl groups is 1. The SMILES string of the molecule is Cc1ccc(-c2ncnc(NCc3ccc(C(N)=O)cc3C)c2O)cc1. The summed E-state index contributed by atoms with van der Waals surface area (Å²) >= 11 is 0. The molecule has 6 nitrogen and oxygen atoms in total. The summed E-state index contributed by atoms with van der Waals surface area (Å²) in [5.41, 5.74) is 10.1. The number of aromatic nitrogens is 2. The van der Waals surface area contributed by atoms with E-state index in [0.29, 0.717) is 23.6 Å². The smallest absolute Gasteiger partial charge is 0.248 e. The van der Waals surface area contributed by atoms with Crippen LogP contribution in [0.2, 0.25) is 0 Å². The summed E-state index contributed by atoms with van der Waals surface area (Å²) in [7, 11) is 0. The van der Waals surface area contributed by atoms with Gasteiger partial charge in [-0.1, -0.05) is 35.9 Å². The van der Waals surface area contributed by atoms with E-state index >= 15 is 0 Å². The lowest BCUT2D eigenvalue weighted by Gasteiger charge is -2.12. The van der Waals surface area contributed by atoms with Crippen LogP contribution >= 0.6 is 0 Å². The number of primary amides is 1. The zero-order chi connectivity index (χ0) is 18.7. The predicted octanol–water partition coefficient (Wildman–Crippen LogP) is 3.18. The zero-order valence-corrected chi connectivity index (χ0v) is 14.7. The highest BCUT2D eigenvalue weighted by atomic mass is 16.3. The van der Waals surface area contributed by atoms with Crippen LogP contribution in [0.25, 0.3) is 11.3 Å². The van der Waals surface area contributed by atoms with Crippen molar-refractivity contribution in [3.63, 3.8) is 0 Å². The van der Waals surface area contributed by atoms with Gasteiger partial charge in [-0.2, -0.15) is 0 Å². The molecule has 0 fully saturated rings. The molecule has 0 aliphatic rings. The number of carbonyl (C=O) groups is 1. The van der Waals surface area contributed by atoms with Crippen LogP contribution in [0.5, 0.6) is 5.75 Å². The van der Waals surface area contributed by atoms with Gasteiger partial charge in [0.25, 0.3) is 0 Å². The highest BCUT2D eigenvalue weighted by Gasteiger charge is 2.12. The molecule has 2 aromatic carbocycles. The molecular formula is C20H20N4O2. The Kier molecular flexibility index (Phi) is 4.84. The first-order valence-corrected chi connectivity index (χ1v) is 8.20. The Balaban J connectivity index is 1.82. The molecule has 0 aliphatic carbocycles. The highest BCUT2D eigenvalue weighted by molar-refractivity contribution is 5.93. The number of rotatable bonds is 5. The molecule has 6 heteroatoms. The van der Waals surface area contributed by atoms with E-state index < -0.39 is 5.91 Å². The van der Waals surface area contributed by atoms with E-state index in [2.05, 4.69) is 15.3 Å². The molecule has 1 amide bonds. The van der Waals surface area contributed by atoms with Crippen LogP contribution in [0, 0.1) is 13.8 Å². The summed E-state index contributed by atoms with van der Waals surface area (Å²) in [6.45, 7) is 4.35. The molecule has 1 aromatic heterocycles. The maximum Gasteiger partial charge on any atom is 0.248 e. The summed E-state index contributed by atoms with van der Waals surface area (Å²) in [5, 5.41) is 13.7. The van der Waals surface area contributed by atoms with E-state index in [0.717, 1.165) is 22.3 Å². The molecule has 3 rings (SSSR count). The van der Waals surface area contributed by atoms with Crippen LogP contribution in [0.1, 0.15) is 27.0 Å². The molecule has 0 saturated heterocycles. The lowest BCUT2D eigenvalue weighted by Crippen LogP contribution is -2.12. The molecule has 3 aromatic rings. The van der Waals surface area contributed by atoms with E-state index in [-0.39, 0.29) is 5.75 Å². The lowest BCUT2D eigenvalue weighted by molar-refractivity contribution is 0.1000. The van der Waals surface area contributed by atoms with Crippen LogP contribution in [-0.4, -0.2) is 21.0 Å². The maximum absolute atomic E-state index is 11.2. The third-order valence-corrected chi connectivity index (χ3v) is 4.22. The first kappa shape index (κ1) is 17.4. The summed E-state index contributed by atoms with van der Waals surface area (Å²) in [6, 6.07) is 13.0. The number of hydrogen-bond donors (Lipinski definition) is 3. The summed E-state index contributed by atoms with van der Waals surface area (Å²) < 4.78 is 0. The molecule has 132 valence electrons. The number of amides is 1. The minimum atomic E-state index is -0.455. The third-order valence-electron chi connectivity index (χ3n) is 4.22. The second-order valence-electron chi connectivity index (χ2n) is 6.14. The maximum atomic E-state index is 11.2. The van der Waals surface area contributed by atoms with Crippen molar-refractivity contribution in [2.24, 2.45) is 5.73 Å². The monoisotopic (exact) mass is 348 g/mol. The van der Waals surface area contributed by atoms with E-state index in [1.807, 2.05) is 44.2 Å². The number of hydrogen-bond acceptors (Lipinski definition) is 5. The van der Waals surface area contributed by atoms with Gasteiger partial charge in [-0.3, -0.25) is 4.79 Å². The Bertz CT molecular complexity index is 953. The van der Waals surface area contributed by atoms with E-state index in [9.17, 15) is 9.90 Å². The average molecular weight is 348 g/mol. The third kappa shape index (κ3) is 3.64. The molecule has 0 atom stereocenters. The van der Waals surface area contributed by atoms with Crippen molar-refractivity contribution >= 4 is 11.7 Å². The van der Waals surface area contributed by atoms with E-state index in [4.69, 9.17) is 5.73 Å². The fraction of sp³-hybridized carbons (Fsp3) is 0.150. The molecule has 26 heavy (non-hydrogen) atoms. The van der Waals surface area contributed by atoms with Gasteiger partial charge in [-0.25, -0.2) is 9.97 Å². The second kappa shape index (κ2) is 7.23. The molecule has 0 bridgehead atoms. The standard InChI is InChI=1S/C20H20N4O2/c1-12-3-5-14(6-4-12)17-18(25)20(24-11-23-17)22-10-16-8-7-15(19(21)26)9-13(16)2/h3-9,11,25H,10H2,1-2H3,(H2,21,26)(H,22,23,24). The van der Waals surface area contributed by atoms with Crippen molar-refractivity contribution in [1.82, 2.24) is 9.97 Å². The number of benzene rings is 2. The Hall–Kier alpha value is -3.41. The van der Waals surface area contributed by atoms with Gasteiger partial charge in [-0.15, -0.1) is 0 Å². The molecule has 0 unspecified atom stereocenters. The number of nitrogens with zero attached hydrogens (tertiary/aromatic N) is 2. The van der Waals surface area contributed by atoms with E-state index in [1.54, 1.807) is 12.1 Å². The van der Waals surface area contributed by atoms with Gasteiger partial charge in [0.2, 0.25) is 5.91 Å². The number of anilines is 1. The Morgan fingerprint density at radius 3 is 2.50 bits per heavy atom. The Morgan fingerprint density at radius 2 is 1.85 bits per heavy atom. The quantitative estimate of drug-likeness (QED) is 0.657. The van der Waals surface area contributed by atoms with E-state index in [1.165, 1.54) is 6.33 Å². The van der Waals surface area contributed by atoms with Gasteiger partial charge in [0, 0.05) is 17.7 Å². The van der Waals surface area contributed by atoms with Crippen LogP contribution < -0.4 is 11.1 Å². The number of carbonyl (C=O) groups excluding carboxylic acids is 1. The van der Waals surface area contributed by atoms with Crippen molar-refractivity contribution in [2.75, 3.05) is 5.32 Å². The molecule has 0 spiro atoms. The summed E-state index contributed by atoms with van der Waals surface area (Å²) in [5.74, 6) is -0.0968. The van der Waals surface area contributed by atoms with Crippen LogP contribution in [0.15, 0.2) is 48.8 Å². The fourth-order valence-corrected chi connectivity index (χ4v) is 2.66. The number of aryl methyl sites for hydroxylation is 2. The largest absolute Gasteiger partial charge is 0.503 e. The minimum absolute atomic E-state index is 0.00256. The van der Waals surface area contributed by atoms with Gasteiger partial charge in [0.05, 0.1) is 0 Å². The van der Waals surface area contributed by atoms with Crippen LogP contribution in [0.4, 0.5) is 5.82 Å². The topological polar surface area (TPSA) is 101 Å². The van der Waals surface area contributed by atoms with Crippen LogP contribution in [0.3, 0.4) is 0 Å². The summed E-state index contributed by atoms with van der Waals surface area (Å²) in [4.78, 5) is 19.6. The van der Waals surface area contributed by atoms with Crippen molar-refractivity contribution in [1.29, 1.82) is 0 Å². The van der Waals surface area contributed by atoms with Crippen molar-refractivity contribution in [2.45, 2.75) is 20.4 Å². The fourth-order valence-electron chi connectivity index (χ4n) is 2.66. The average Bonchev–Trinajstić information content (AvgIpc) is 2.62. The Labute approximate surface area is 151 Å². The predicted molar refractivity (Wildman–Crippen MR) is 101 cm³/mol. The molecule has 0 saturated carbocycles. The zero-order valence-electron chi connectivity index (χ0n) is 14.7. The molecule has 0 aliphatic heterocycles. The summed E-state index contributed by atoms with van der Waals surface area (Å²) in [6.07, 6.45) is 1.42. The van der Waals surface area contributed by atoms with Gasteiger partial charge in [-0.05, 0) is 37.1 Å². The molecular weight excluding hydrogens is 328 g/mol. The first-order chi connectivity index (χ1) is 12.5. The second-order valence-corrected chi connectivity index (χ2v) is 6.14. The van der Waals surface area contributed by atoms with Crippen molar-refractivity contribution in [3.8, 4) is 17.0 Å². The first-order valence-electron chi connectivity index (χ1n) is 8.20. The highest BCUT2D eigenvalue weighted by Crippen LogP contribution is 2.32. The van der Waals surface area contributed by atoms with Gasteiger partial charge < -0.3 is 16.2 Å². The molecule has 4 N–H and O–H groups in total. The van der Waals surface area contributed by atoms with Crippen molar-refractivity contribution < 1.29 is 9.90 Å². The number of nitrogens with two attached hydrogens (primary N) is 1. The van der Waals surface area contributed by atoms with Gasteiger partial charge in [0.15, 0.2) is 11.6 Å². The number of nitrogens with one attached hydrogen (secondary N) is 1. The Morgan fingerprint density at radius 1 is 1.12 bits per heavy atom. The minimum Gasteiger partial charge on any atom is -0.503 e. The van der Waals surface area contributed by atoms with Gasteiger partial charge in [0.1, 0.15) is 12.0 Å². The molecule has 0 radical (unpaired) electrons. The van der Waals surface area contributed by atoms with Gasteiger partial charge >= 0.3 is 0 Å². The van der Waals surface area contributed by atoms with Crippen molar-refractivity contribution in [3.05, 3.63) is 71.0 Å². The normalized spacial score (nSPS) is 10.5.